The maximum atomic E-state index is 9.70. The number of hydrogen-bond acceptors (Lipinski definition) is 2. The zero-order valence-corrected chi connectivity index (χ0v) is 13.0. The summed E-state index contributed by atoms with van der Waals surface area (Å²) < 4.78 is 13.6. The predicted molar refractivity (Wildman–Crippen MR) is 25.9 cm³/mol. The van der Waals surface area contributed by atoms with Gasteiger partial charge in [-0.1, -0.05) is 0 Å². The van der Waals surface area contributed by atoms with Crippen molar-refractivity contribution in [1.29, 1.82) is 0 Å². The van der Waals surface area contributed by atoms with Gasteiger partial charge in [-0.3, -0.25) is 4.52 Å². The van der Waals surface area contributed by atoms with Gasteiger partial charge in [0.1, 0.15) is 0 Å². The quantitative estimate of drug-likeness (QED) is 0.349. The van der Waals surface area contributed by atoms with Gasteiger partial charge in [0, 0.05) is 0 Å². The standard InChI is InChI=1S/C2H7O4P.2K.2H/c1-2-6-7(3,4)5;;;;/h2H2,1H3,(H2,3,4,5);;;;/q;2*+1;2*-1. The molecule has 4 nitrogen and oxygen atoms in total. The monoisotopic (exact) mass is 206 g/mol. The van der Waals surface area contributed by atoms with Crippen molar-refractivity contribution in [3.8, 4) is 0 Å². The summed E-state index contributed by atoms with van der Waals surface area (Å²) in [6.07, 6.45) is 0. The van der Waals surface area contributed by atoms with Gasteiger partial charge < -0.3 is 12.6 Å². The zero-order valence-electron chi connectivity index (χ0n) is 7.87. The maximum absolute atomic E-state index is 9.70. The number of phosphoric ester groups is 1. The van der Waals surface area contributed by atoms with E-state index in [9.17, 15) is 4.57 Å². The topological polar surface area (TPSA) is 66.8 Å². The van der Waals surface area contributed by atoms with Crippen LogP contribution in [0.3, 0.4) is 0 Å². The van der Waals surface area contributed by atoms with E-state index in [1.54, 1.807) is 0 Å². The fourth-order valence-corrected chi connectivity index (χ4v) is 0.505. The van der Waals surface area contributed by atoms with E-state index < -0.39 is 7.82 Å². The first-order valence-corrected chi connectivity index (χ1v) is 3.29. The van der Waals surface area contributed by atoms with Crippen LogP contribution in [-0.2, 0) is 9.09 Å². The molecule has 0 aromatic rings. The van der Waals surface area contributed by atoms with Gasteiger partial charge in [0.25, 0.3) is 0 Å². The van der Waals surface area contributed by atoms with Crippen LogP contribution in [0.5, 0.6) is 0 Å². The van der Waals surface area contributed by atoms with Gasteiger partial charge in [0.05, 0.1) is 6.61 Å². The molecule has 0 saturated heterocycles. The Labute approximate surface area is 142 Å². The van der Waals surface area contributed by atoms with E-state index in [0.717, 1.165) is 0 Å². The molecule has 0 aliphatic carbocycles. The summed E-state index contributed by atoms with van der Waals surface area (Å²) >= 11 is 0. The maximum Gasteiger partial charge on any atom is 1.00 e. The molecule has 0 aliphatic rings. The molecule has 0 amide bonds. The zero-order chi connectivity index (χ0) is 5.91. The summed E-state index contributed by atoms with van der Waals surface area (Å²) in [6.45, 7) is 1.56. The summed E-state index contributed by atoms with van der Waals surface area (Å²) in [5.74, 6) is 0. The molecule has 0 aromatic heterocycles. The molecule has 0 bridgehead atoms. The molecular formula is C2H9K2O4P. The van der Waals surface area contributed by atoms with Crippen LogP contribution in [0.2, 0.25) is 0 Å². The molecule has 0 spiro atoms. The van der Waals surface area contributed by atoms with Gasteiger partial charge in [0.2, 0.25) is 0 Å². The van der Waals surface area contributed by atoms with Crippen LogP contribution in [0.15, 0.2) is 0 Å². The summed E-state index contributed by atoms with van der Waals surface area (Å²) in [7, 11) is -4.17. The first-order valence-electron chi connectivity index (χ1n) is 1.76. The summed E-state index contributed by atoms with van der Waals surface area (Å²) in [6, 6.07) is 0. The average molecular weight is 206 g/mol. The Morgan fingerprint density at radius 1 is 1.56 bits per heavy atom. The van der Waals surface area contributed by atoms with Crippen LogP contribution in [0.25, 0.3) is 0 Å². The first kappa shape index (κ1) is 18.2. The smallest absolute Gasteiger partial charge is 1.00 e. The van der Waals surface area contributed by atoms with E-state index in [1.165, 1.54) is 6.92 Å². The van der Waals surface area contributed by atoms with Gasteiger partial charge in [-0.2, -0.15) is 0 Å². The van der Waals surface area contributed by atoms with Crippen molar-refractivity contribution in [2.24, 2.45) is 0 Å². The van der Waals surface area contributed by atoms with E-state index in [-0.39, 0.29) is 112 Å². The van der Waals surface area contributed by atoms with E-state index in [0.29, 0.717) is 0 Å². The number of rotatable bonds is 2. The van der Waals surface area contributed by atoms with E-state index in [4.69, 9.17) is 9.79 Å². The van der Waals surface area contributed by atoms with Crippen molar-refractivity contribution in [3.05, 3.63) is 0 Å². The molecule has 0 atom stereocenters. The molecule has 0 unspecified atom stereocenters. The van der Waals surface area contributed by atoms with Gasteiger partial charge in [-0.15, -0.1) is 0 Å². The van der Waals surface area contributed by atoms with Crippen molar-refractivity contribution < 1.29 is 124 Å². The minimum Gasteiger partial charge on any atom is -1.00 e. The van der Waals surface area contributed by atoms with Crippen LogP contribution in [0.4, 0.5) is 0 Å². The van der Waals surface area contributed by atoms with Gasteiger partial charge in [0.15, 0.2) is 0 Å². The van der Waals surface area contributed by atoms with Crippen molar-refractivity contribution >= 4 is 7.82 Å². The van der Waals surface area contributed by atoms with Crippen molar-refractivity contribution in [3.63, 3.8) is 0 Å². The minimum atomic E-state index is -4.17. The summed E-state index contributed by atoms with van der Waals surface area (Å²) in [5.41, 5.74) is 0. The second-order valence-corrected chi connectivity index (χ2v) is 2.15. The molecule has 0 heterocycles. The SMILES string of the molecule is CCOP(=O)(O)O.[H-].[H-].[K+].[K+]. The Kier molecular flexibility index (Phi) is 19.2. The van der Waals surface area contributed by atoms with Gasteiger partial charge in [-0.25, -0.2) is 4.57 Å². The van der Waals surface area contributed by atoms with Crippen molar-refractivity contribution in [2.75, 3.05) is 6.61 Å². The summed E-state index contributed by atoms with van der Waals surface area (Å²) in [5, 5.41) is 0. The van der Waals surface area contributed by atoms with Crippen LogP contribution >= 0.6 is 7.82 Å². The van der Waals surface area contributed by atoms with Crippen LogP contribution in [0, 0.1) is 0 Å². The average Bonchev–Trinajstić information content (AvgIpc) is 1.30. The first-order chi connectivity index (χ1) is 3.06. The molecule has 2 N–H and O–H groups in total. The molecule has 0 aromatic carbocycles. The van der Waals surface area contributed by atoms with Crippen LogP contribution in [-0.4, -0.2) is 16.4 Å². The normalized spacial score (nSPS) is 9.22. The molecule has 0 radical (unpaired) electrons. The Bertz CT molecular complexity index is 98.1. The fraction of sp³-hybridized carbons (Fsp3) is 1.00. The second-order valence-electron chi connectivity index (χ2n) is 0.908. The third-order valence-corrected chi connectivity index (χ3v) is 0.892. The third-order valence-electron chi connectivity index (χ3n) is 0.297. The van der Waals surface area contributed by atoms with E-state index in [1.807, 2.05) is 0 Å². The van der Waals surface area contributed by atoms with Gasteiger partial charge in [-0.05, 0) is 6.92 Å². The van der Waals surface area contributed by atoms with Crippen LogP contribution in [0.1, 0.15) is 9.78 Å². The Balaban J connectivity index is -0.0000000300. The number of hydrogen-bond donors (Lipinski definition) is 2. The molecule has 0 saturated carbocycles. The van der Waals surface area contributed by atoms with E-state index in [2.05, 4.69) is 4.52 Å². The van der Waals surface area contributed by atoms with Crippen molar-refractivity contribution in [2.45, 2.75) is 6.92 Å². The summed E-state index contributed by atoms with van der Waals surface area (Å²) in [4.78, 5) is 15.8. The fourth-order valence-electron chi connectivity index (χ4n) is 0.168. The molecule has 9 heavy (non-hydrogen) atoms. The molecular weight excluding hydrogens is 197 g/mol. The van der Waals surface area contributed by atoms with Crippen molar-refractivity contribution in [1.82, 2.24) is 0 Å². The Morgan fingerprint density at radius 3 is 1.89 bits per heavy atom. The molecule has 0 rings (SSSR count). The molecule has 48 valence electrons. The largest absolute Gasteiger partial charge is 1.00 e. The molecule has 0 fully saturated rings. The van der Waals surface area contributed by atoms with Crippen LogP contribution < -0.4 is 103 Å². The Morgan fingerprint density at radius 2 is 1.89 bits per heavy atom. The minimum absolute atomic E-state index is 0. The van der Waals surface area contributed by atoms with E-state index >= 15 is 0 Å². The number of phosphoric acid groups is 1. The second kappa shape index (κ2) is 9.47. The molecule has 0 aliphatic heterocycles. The van der Waals surface area contributed by atoms with Gasteiger partial charge >= 0.3 is 111 Å². The Hall–Kier alpha value is 3.38. The third kappa shape index (κ3) is 18.4. The molecule has 7 heteroatoms. The predicted octanol–water partition coefficient (Wildman–Crippen LogP) is -5.65.